The van der Waals surface area contributed by atoms with Crippen LogP contribution in [0.15, 0.2) is 55.1 Å². The molecule has 4 rings (SSSR count). The van der Waals surface area contributed by atoms with Gasteiger partial charge in [0.15, 0.2) is 18.2 Å². The van der Waals surface area contributed by atoms with Crippen molar-refractivity contribution in [2.24, 2.45) is 0 Å². The average Bonchev–Trinajstić information content (AvgIpc) is 3.54. The van der Waals surface area contributed by atoms with E-state index in [0.29, 0.717) is 12.2 Å². The molecule has 12 nitrogen and oxygen atoms in total. The molecule has 0 spiro atoms. The van der Waals surface area contributed by atoms with E-state index in [1.165, 1.54) is 22.9 Å². The van der Waals surface area contributed by atoms with Crippen LogP contribution in [0.25, 0.3) is 0 Å². The third-order valence-corrected chi connectivity index (χ3v) is 5.02. The number of amides is 1. The highest BCUT2D eigenvalue weighted by Crippen LogP contribution is 2.26. The van der Waals surface area contributed by atoms with Crippen LogP contribution in [0.4, 0.5) is 11.4 Å². The van der Waals surface area contributed by atoms with Crippen molar-refractivity contribution in [1.29, 1.82) is 0 Å². The monoisotopic (exact) mass is 450 g/mol. The van der Waals surface area contributed by atoms with E-state index < -0.39 is 10.8 Å². The first-order valence-corrected chi connectivity index (χ1v) is 10.2. The van der Waals surface area contributed by atoms with Gasteiger partial charge >= 0.3 is 5.69 Å². The summed E-state index contributed by atoms with van der Waals surface area (Å²) in [5.41, 5.74) is 2.69. The van der Waals surface area contributed by atoms with Crippen molar-refractivity contribution in [3.05, 3.63) is 82.2 Å². The molecule has 0 unspecified atom stereocenters. The third kappa shape index (κ3) is 4.89. The highest BCUT2D eigenvalue weighted by Gasteiger charge is 2.15. The Morgan fingerprint density at radius 1 is 1.18 bits per heavy atom. The van der Waals surface area contributed by atoms with Crippen LogP contribution >= 0.6 is 0 Å². The number of aryl methyl sites for hydroxylation is 1. The third-order valence-electron chi connectivity index (χ3n) is 5.02. The van der Waals surface area contributed by atoms with Crippen LogP contribution in [0, 0.1) is 17.0 Å². The molecule has 1 amide bonds. The summed E-state index contributed by atoms with van der Waals surface area (Å²) in [7, 11) is 0. The lowest BCUT2D eigenvalue weighted by Crippen LogP contribution is -2.14. The van der Waals surface area contributed by atoms with Gasteiger partial charge in [-0.1, -0.05) is 12.1 Å². The molecule has 33 heavy (non-hydrogen) atoms. The molecular weight excluding hydrogens is 428 g/mol. The number of rotatable bonds is 9. The van der Waals surface area contributed by atoms with Crippen LogP contribution < -0.4 is 10.1 Å². The Morgan fingerprint density at radius 3 is 2.76 bits per heavy atom. The summed E-state index contributed by atoms with van der Waals surface area (Å²) in [6.45, 7) is 5.30. The average molecular weight is 450 g/mol. The first-order valence-electron chi connectivity index (χ1n) is 10.2. The number of nitro benzene ring substituents is 1. The Morgan fingerprint density at radius 2 is 2.00 bits per heavy atom. The summed E-state index contributed by atoms with van der Waals surface area (Å²) >= 11 is 0. The number of carbonyl (C=O) groups is 1. The second-order valence-electron chi connectivity index (χ2n) is 7.19. The zero-order valence-corrected chi connectivity index (χ0v) is 18.1. The SMILES string of the molecule is CCn1ncc(Cn2cc(NC(=O)c3ccn(COc4ccccc4[N+](=O)[O-])n3)cn2)c1C. The zero-order chi connectivity index (χ0) is 23.4. The molecule has 0 saturated carbocycles. The van der Waals surface area contributed by atoms with Crippen molar-refractivity contribution in [3.63, 3.8) is 0 Å². The molecule has 12 heteroatoms. The molecule has 1 N–H and O–H groups in total. The number of nitro groups is 1. The molecule has 0 bridgehead atoms. The maximum atomic E-state index is 12.5. The number of aromatic nitrogens is 6. The molecular formula is C21H22N8O4. The normalized spacial score (nSPS) is 10.8. The number of carbonyl (C=O) groups excluding carboxylic acids is 1. The van der Waals surface area contributed by atoms with E-state index in [0.717, 1.165) is 17.8 Å². The minimum absolute atomic E-state index is 0.0825. The zero-order valence-electron chi connectivity index (χ0n) is 18.1. The number of ether oxygens (including phenoxy) is 1. The largest absolute Gasteiger partial charge is 0.464 e. The second-order valence-corrected chi connectivity index (χ2v) is 7.19. The van der Waals surface area contributed by atoms with Gasteiger partial charge < -0.3 is 10.1 Å². The maximum Gasteiger partial charge on any atom is 0.311 e. The summed E-state index contributed by atoms with van der Waals surface area (Å²) in [5, 5.41) is 26.6. The van der Waals surface area contributed by atoms with Crippen molar-refractivity contribution in [2.45, 2.75) is 33.7 Å². The van der Waals surface area contributed by atoms with Crippen molar-refractivity contribution < 1.29 is 14.5 Å². The van der Waals surface area contributed by atoms with E-state index in [2.05, 4.69) is 20.6 Å². The molecule has 4 aromatic rings. The van der Waals surface area contributed by atoms with Gasteiger partial charge in [-0.15, -0.1) is 0 Å². The van der Waals surface area contributed by atoms with Gasteiger partial charge in [0, 0.05) is 36.3 Å². The van der Waals surface area contributed by atoms with Crippen LogP contribution in [-0.4, -0.2) is 40.2 Å². The minimum Gasteiger partial charge on any atom is -0.464 e. The fraction of sp³-hybridized carbons (Fsp3) is 0.238. The topological polar surface area (TPSA) is 135 Å². The van der Waals surface area contributed by atoms with Crippen molar-refractivity contribution in [2.75, 3.05) is 5.32 Å². The van der Waals surface area contributed by atoms with Gasteiger partial charge in [-0.3, -0.25) is 24.3 Å². The van der Waals surface area contributed by atoms with Crippen LogP contribution in [0.2, 0.25) is 0 Å². The Bertz CT molecular complexity index is 1290. The maximum absolute atomic E-state index is 12.5. The van der Waals surface area contributed by atoms with Crippen molar-refractivity contribution in [1.82, 2.24) is 29.3 Å². The minimum atomic E-state index is -0.519. The highest BCUT2D eigenvalue weighted by molar-refractivity contribution is 6.02. The first-order chi connectivity index (χ1) is 15.9. The molecule has 0 saturated heterocycles. The molecule has 0 radical (unpaired) electrons. The van der Waals surface area contributed by atoms with Crippen molar-refractivity contribution >= 4 is 17.3 Å². The standard InChI is InChI=1S/C21H22N8O4/c1-3-28-15(2)16(10-23-28)12-27-13-17(11-22-27)24-21(30)18-8-9-26(25-18)14-33-20-7-5-4-6-19(20)29(31)32/h4-11,13H,3,12,14H2,1-2H3,(H,24,30). The Kier molecular flexibility index (Phi) is 6.15. The number of para-hydroxylation sites is 2. The van der Waals surface area contributed by atoms with Gasteiger partial charge in [-0.25, -0.2) is 4.68 Å². The molecule has 170 valence electrons. The van der Waals surface area contributed by atoms with E-state index in [1.807, 2.05) is 24.7 Å². The van der Waals surface area contributed by atoms with Crippen LogP contribution in [-0.2, 0) is 19.8 Å². The summed E-state index contributed by atoms with van der Waals surface area (Å²) in [6.07, 6.45) is 6.67. The van der Waals surface area contributed by atoms with Gasteiger partial charge in [-0.05, 0) is 26.0 Å². The van der Waals surface area contributed by atoms with Crippen molar-refractivity contribution in [3.8, 4) is 5.75 Å². The number of hydrogen-bond acceptors (Lipinski definition) is 7. The molecule has 3 heterocycles. The van der Waals surface area contributed by atoms with Crippen LogP contribution in [0.1, 0.15) is 28.7 Å². The van der Waals surface area contributed by atoms with Gasteiger partial charge in [0.1, 0.15) is 0 Å². The highest BCUT2D eigenvalue weighted by atomic mass is 16.6. The first kappa shape index (κ1) is 21.7. The molecule has 0 aliphatic carbocycles. The fourth-order valence-electron chi connectivity index (χ4n) is 3.26. The van der Waals surface area contributed by atoms with Gasteiger partial charge in [0.25, 0.3) is 5.91 Å². The lowest BCUT2D eigenvalue weighted by molar-refractivity contribution is -0.386. The summed E-state index contributed by atoms with van der Waals surface area (Å²) in [6, 6.07) is 7.59. The predicted octanol–water partition coefficient (Wildman–Crippen LogP) is 2.85. The fourth-order valence-corrected chi connectivity index (χ4v) is 3.26. The molecule has 0 atom stereocenters. The molecule has 1 aromatic carbocycles. The lowest BCUT2D eigenvalue weighted by Gasteiger charge is -2.06. The quantitative estimate of drug-likeness (QED) is 0.306. The smallest absolute Gasteiger partial charge is 0.311 e. The van der Waals surface area contributed by atoms with Gasteiger partial charge in [0.05, 0.1) is 29.5 Å². The van der Waals surface area contributed by atoms with E-state index in [-0.39, 0.29) is 23.9 Å². The van der Waals surface area contributed by atoms with E-state index >= 15 is 0 Å². The van der Waals surface area contributed by atoms with E-state index in [1.54, 1.807) is 35.4 Å². The summed E-state index contributed by atoms with van der Waals surface area (Å²) in [4.78, 5) is 23.1. The number of benzene rings is 1. The molecule has 0 aliphatic heterocycles. The number of hydrogen-bond donors (Lipinski definition) is 1. The molecule has 0 aliphatic rings. The Hall–Kier alpha value is -4.48. The van der Waals surface area contributed by atoms with Gasteiger partial charge in [-0.2, -0.15) is 15.3 Å². The predicted molar refractivity (Wildman–Crippen MR) is 118 cm³/mol. The van der Waals surface area contributed by atoms with Crippen LogP contribution in [0.3, 0.4) is 0 Å². The number of nitrogens with one attached hydrogen (secondary N) is 1. The molecule has 3 aromatic heterocycles. The second kappa shape index (κ2) is 9.34. The Labute approximate surface area is 188 Å². The molecule has 0 fully saturated rings. The van der Waals surface area contributed by atoms with E-state index in [9.17, 15) is 14.9 Å². The number of anilines is 1. The summed E-state index contributed by atoms with van der Waals surface area (Å²) < 4.78 is 10.5. The lowest BCUT2D eigenvalue weighted by atomic mass is 10.2. The van der Waals surface area contributed by atoms with Gasteiger partial charge in [0.2, 0.25) is 0 Å². The van der Waals surface area contributed by atoms with E-state index in [4.69, 9.17) is 4.74 Å². The van der Waals surface area contributed by atoms with Crippen LogP contribution in [0.5, 0.6) is 5.75 Å². The summed E-state index contributed by atoms with van der Waals surface area (Å²) in [5.74, 6) is -0.287. The number of nitrogens with zero attached hydrogens (tertiary/aromatic N) is 7. The Balaban J connectivity index is 1.35.